The zero-order chi connectivity index (χ0) is 14.6. The number of amides is 3. The Kier molecular flexibility index (Phi) is 4.87. The molecule has 8 heteroatoms. The molecule has 1 aromatic rings. The van der Waals surface area contributed by atoms with Gasteiger partial charge in [0, 0.05) is 4.90 Å². The zero-order valence-corrected chi connectivity index (χ0v) is 10.7. The first-order valence-electron chi connectivity index (χ1n) is 5.15. The van der Waals surface area contributed by atoms with Crippen LogP contribution in [0.2, 0.25) is 0 Å². The van der Waals surface area contributed by atoms with E-state index in [1.54, 1.807) is 0 Å². The van der Waals surface area contributed by atoms with Crippen LogP contribution in [0.4, 0.5) is 4.39 Å². The maximum Gasteiger partial charge on any atom is 0.257 e. The van der Waals surface area contributed by atoms with E-state index in [1.165, 1.54) is 12.1 Å². The summed E-state index contributed by atoms with van der Waals surface area (Å²) >= 11 is 3.98. The van der Waals surface area contributed by atoms with Crippen LogP contribution < -0.4 is 11.5 Å². The van der Waals surface area contributed by atoms with Crippen molar-refractivity contribution in [3.8, 4) is 0 Å². The average Bonchev–Trinajstić information content (AvgIpc) is 2.29. The van der Waals surface area contributed by atoms with Crippen molar-refractivity contribution in [3.05, 3.63) is 29.6 Å². The van der Waals surface area contributed by atoms with Gasteiger partial charge < -0.3 is 16.4 Å². The quantitative estimate of drug-likeness (QED) is 0.636. The summed E-state index contributed by atoms with van der Waals surface area (Å²) in [6.07, 6.45) is 0. The maximum atomic E-state index is 13.5. The molecule has 0 radical (unpaired) electrons. The molecule has 0 saturated heterocycles. The van der Waals surface area contributed by atoms with Gasteiger partial charge in [0.15, 0.2) is 0 Å². The maximum absolute atomic E-state index is 13.5. The van der Waals surface area contributed by atoms with Crippen LogP contribution in [0.25, 0.3) is 0 Å². The van der Waals surface area contributed by atoms with Crippen LogP contribution in [0.5, 0.6) is 0 Å². The molecule has 0 spiro atoms. The molecule has 102 valence electrons. The Balaban J connectivity index is 3.07. The lowest BCUT2D eigenvalue weighted by Crippen LogP contribution is -2.43. The van der Waals surface area contributed by atoms with E-state index in [9.17, 15) is 18.8 Å². The number of rotatable bonds is 5. The molecule has 3 amide bonds. The van der Waals surface area contributed by atoms with Crippen molar-refractivity contribution in [1.29, 1.82) is 0 Å². The molecule has 19 heavy (non-hydrogen) atoms. The first kappa shape index (κ1) is 15.0. The van der Waals surface area contributed by atoms with Crippen molar-refractivity contribution in [3.63, 3.8) is 0 Å². The van der Waals surface area contributed by atoms with Gasteiger partial charge in [-0.1, -0.05) is 0 Å². The average molecular weight is 285 g/mol. The Morgan fingerprint density at radius 2 is 1.68 bits per heavy atom. The number of halogens is 1. The standard InChI is InChI=1S/C11H12FN3O3S/c12-8-2-1-6(19)3-7(8)11(18)15(4-9(13)16)5-10(14)17/h1-3,19H,4-5H2,(H2,13,16)(H2,14,17). The van der Waals surface area contributed by atoms with E-state index in [0.29, 0.717) is 4.90 Å². The molecule has 1 rings (SSSR count). The first-order valence-corrected chi connectivity index (χ1v) is 5.60. The molecule has 0 heterocycles. The summed E-state index contributed by atoms with van der Waals surface area (Å²) in [5.41, 5.74) is 9.61. The second-order valence-corrected chi connectivity index (χ2v) is 4.27. The molecule has 0 bridgehead atoms. The van der Waals surface area contributed by atoms with E-state index in [4.69, 9.17) is 11.5 Å². The van der Waals surface area contributed by atoms with Gasteiger partial charge in [-0.25, -0.2) is 4.39 Å². The van der Waals surface area contributed by atoms with Crippen LogP contribution in [0.3, 0.4) is 0 Å². The molecular formula is C11H12FN3O3S. The number of hydrogen-bond donors (Lipinski definition) is 3. The fourth-order valence-corrected chi connectivity index (χ4v) is 1.63. The van der Waals surface area contributed by atoms with Crippen molar-refractivity contribution in [2.24, 2.45) is 11.5 Å². The largest absolute Gasteiger partial charge is 0.368 e. The van der Waals surface area contributed by atoms with E-state index in [2.05, 4.69) is 12.6 Å². The van der Waals surface area contributed by atoms with Gasteiger partial charge in [0.25, 0.3) is 5.91 Å². The molecule has 6 nitrogen and oxygen atoms in total. The van der Waals surface area contributed by atoms with Gasteiger partial charge in [-0.2, -0.15) is 0 Å². The molecule has 4 N–H and O–H groups in total. The fraction of sp³-hybridized carbons (Fsp3) is 0.182. The van der Waals surface area contributed by atoms with Gasteiger partial charge in [-0.3, -0.25) is 14.4 Å². The van der Waals surface area contributed by atoms with E-state index in [1.807, 2.05) is 0 Å². The lowest BCUT2D eigenvalue weighted by atomic mass is 10.2. The van der Waals surface area contributed by atoms with Crippen LogP contribution >= 0.6 is 12.6 Å². The number of carbonyl (C=O) groups excluding carboxylic acids is 3. The molecule has 0 saturated carbocycles. The summed E-state index contributed by atoms with van der Waals surface area (Å²) in [5.74, 6) is -3.32. The monoisotopic (exact) mass is 285 g/mol. The van der Waals surface area contributed by atoms with Crippen molar-refractivity contribution in [1.82, 2.24) is 4.90 Å². The number of benzene rings is 1. The second kappa shape index (κ2) is 6.19. The minimum Gasteiger partial charge on any atom is -0.368 e. The molecule has 0 aliphatic heterocycles. The second-order valence-electron chi connectivity index (χ2n) is 3.76. The minimum absolute atomic E-state index is 0.310. The summed E-state index contributed by atoms with van der Waals surface area (Å²) in [6, 6.07) is 3.61. The molecule has 1 aromatic carbocycles. The first-order chi connectivity index (χ1) is 8.81. The Hall–Kier alpha value is -2.09. The molecule has 0 aromatic heterocycles. The summed E-state index contributed by atoms with van der Waals surface area (Å²) in [5, 5.41) is 0. The number of hydrogen-bond acceptors (Lipinski definition) is 4. The third-order valence-corrected chi connectivity index (χ3v) is 2.44. The summed E-state index contributed by atoms with van der Waals surface area (Å²) in [6.45, 7) is -1.06. The third kappa shape index (κ3) is 4.25. The SMILES string of the molecule is NC(=O)CN(CC(N)=O)C(=O)c1cc(S)ccc1F. The van der Waals surface area contributed by atoms with E-state index < -0.39 is 36.6 Å². The van der Waals surface area contributed by atoms with Crippen molar-refractivity contribution < 1.29 is 18.8 Å². The molecular weight excluding hydrogens is 273 g/mol. The summed E-state index contributed by atoms with van der Waals surface area (Å²) in [4.78, 5) is 34.9. The fourth-order valence-electron chi connectivity index (χ4n) is 1.42. The number of nitrogens with zero attached hydrogens (tertiary/aromatic N) is 1. The Labute approximate surface area is 114 Å². The van der Waals surface area contributed by atoms with Gasteiger partial charge >= 0.3 is 0 Å². The van der Waals surface area contributed by atoms with Crippen LogP contribution in [0.1, 0.15) is 10.4 Å². The highest BCUT2D eigenvalue weighted by Gasteiger charge is 2.22. The number of nitrogens with two attached hydrogens (primary N) is 2. The minimum atomic E-state index is -0.856. The Bertz CT molecular complexity index is 520. The molecule has 0 fully saturated rings. The van der Waals surface area contributed by atoms with Gasteiger partial charge in [0.05, 0.1) is 5.56 Å². The van der Waals surface area contributed by atoms with Gasteiger partial charge in [-0.05, 0) is 18.2 Å². The van der Waals surface area contributed by atoms with E-state index in [0.717, 1.165) is 11.0 Å². The molecule has 0 atom stereocenters. The van der Waals surface area contributed by atoms with Crippen LogP contribution in [-0.2, 0) is 9.59 Å². The number of primary amides is 2. The van der Waals surface area contributed by atoms with E-state index in [-0.39, 0.29) is 5.56 Å². The molecule has 0 aliphatic carbocycles. The summed E-state index contributed by atoms with van der Waals surface area (Å²) in [7, 11) is 0. The number of carbonyl (C=O) groups is 3. The lowest BCUT2D eigenvalue weighted by Gasteiger charge is -2.19. The molecule has 0 aliphatic rings. The van der Waals surface area contributed by atoms with Crippen molar-refractivity contribution >= 4 is 30.4 Å². The van der Waals surface area contributed by atoms with Crippen LogP contribution in [0.15, 0.2) is 23.1 Å². The highest BCUT2D eigenvalue weighted by Crippen LogP contribution is 2.15. The number of thiol groups is 1. The lowest BCUT2D eigenvalue weighted by molar-refractivity contribution is -0.121. The Morgan fingerprint density at radius 1 is 1.16 bits per heavy atom. The zero-order valence-electron chi connectivity index (χ0n) is 9.80. The Morgan fingerprint density at radius 3 is 2.16 bits per heavy atom. The van der Waals surface area contributed by atoms with E-state index >= 15 is 0 Å². The van der Waals surface area contributed by atoms with Gasteiger partial charge in [-0.15, -0.1) is 12.6 Å². The van der Waals surface area contributed by atoms with Crippen LogP contribution in [0, 0.1) is 5.82 Å². The van der Waals surface area contributed by atoms with Crippen LogP contribution in [-0.4, -0.2) is 35.7 Å². The highest BCUT2D eigenvalue weighted by atomic mass is 32.1. The van der Waals surface area contributed by atoms with Gasteiger partial charge in [0.2, 0.25) is 11.8 Å². The topological polar surface area (TPSA) is 106 Å². The third-order valence-electron chi connectivity index (χ3n) is 2.16. The van der Waals surface area contributed by atoms with Gasteiger partial charge in [0.1, 0.15) is 18.9 Å². The predicted molar refractivity (Wildman–Crippen MR) is 67.9 cm³/mol. The summed E-state index contributed by atoms with van der Waals surface area (Å²) < 4.78 is 13.5. The molecule has 0 unspecified atom stereocenters. The highest BCUT2D eigenvalue weighted by molar-refractivity contribution is 7.80. The normalized spacial score (nSPS) is 10.0. The predicted octanol–water partition coefficient (Wildman–Crippen LogP) is -0.473. The smallest absolute Gasteiger partial charge is 0.257 e. The van der Waals surface area contributed by atoms with Crippen molar-refractivity contribution in [2.45, 2.75) is 4.90 Å². The van der Waals surface area contributed by atoms with Crippen molar-refractivity contribution in [2.75, 3.05) is 13.1 Å².